The molecule has 0 radical (unpaired) electrons. The molecule has 9 heteroatoms. The molecule has 3 N–H and O–H groups in total. The van der Waals surface area contributed by atoms with E-state index in [0.29, 0.717) is 23.3 Å². The molecule has 1 atom stereocenters. The van der Waals surface area contributed by atoms with Crippen molar-refractivity contribution in [2.24, 2.45) is 5.73 Å². The van der Waals surface area contributed by atoms with Crippen LogP contribution in [0.25, 0.3) is 6.08 Å². The topological polar surface area (TPSA) is 119 Å². The molecule has 0 bridgehead atoms. The molecule has 0 fully saturated rings. The summed E-state index contributed by atoms with van der Waals surface area (Å²) in [6.45, 7) is 10.8. The molecular weight excluding hydrogens is 454 g/mol. The van der Waals surface area contributed by atoms with E-state index in [0.717, 1.165) is 11.8 Å². The summed E-state index contributed by atoms with van der Waals surface area (Å²) in [7, 11) is 1.46. The predicted molar refractivity (Wildman–Crippen MR) is 140 cm³/mol. The molecule has 3 amide bonds. The summed E-state index contributed by atoms with van der Waals surface area (Å²) in [5.74, 6) is -0.613. The third kappa shape index (κ3) is 10.4. The van der Waals surface area contributed by atoms with E-state index in [-0.39, 0.29) is 16.8 Å². The summed E-state index contributed by atoms with van der Waals surface area (Å²) in [6.07, 6.45) is 11.6. The first-order valence-corrected chi connectivity index (χ1v) is 11.3. The number of carbonyl (C=O) groups excluding carboxylic acids is 4. The first kappa shape index (κ1) is 30.4. The van der Waals surface area contributed by atoms with E-state index in [2.05, 4.69) is 11.9 Å². The van der Waals surface area contributed by atoms with Gasteiger partial charge >= 0.3 is 0 Å². The summed E-state index contributed by atoms with van der Waals surface area (Å²) in [4.78, 5) is 47.6. The van der Waals surface area contributed by atoms with Crippen molar-refractivity contribution in [2.75, 3.05) is 18.6 Å². The maximum Gasteiger partial charge on any atom is 0.283 e. The standard InChI is InChI=1S/C16H17N3O5S.C5H8.C4H8/c1-9(15(17)22)19-12-6-10(3-4-13(12)24-8-14(19)21)5-11(7-20)25-16(23)18-2;1-3-5-4-2;1-3-4-2/h3-7,9H,8H2,1-2H3,(H2,17,22)(H,18,23);3-5H,1H2,2H3;3-4H,1-2H3/b11-5-;5-4+;4-3-. The number of nitrogens with one attached hydrogen (secondary N) is 1. The molecule has 0 aliphatic carbocycles. The lowest BCUT2D eigenvalue weighted by molar-refractivity contribution is -0.126. The Morgan fingerprint density at radius 2 is 1.88 bits per heavy atom. The largest absolute Gasteiger partial charge is 0.482 e. The van der Waals surface area contributed by atoms with Gasteiger partial charge in [0.1, 0.15) is 11.8 Å². The van der Waals surface area contributed by atoms with Gasteiger partial charge in [-0.2, -0.15) is 0 Å². The highest BCUT2D eigenvalue weighted by Crippen LogP contribution is 2.35. The molecule has 1 heterocycles. The normalized spacial score (nSPS) is 13.5. The van der Waals surface area contributed by atoms with Crippen LogP contribution < -0.4 is 20.7 Å². The minimum atomic E-state index is -0.847. The van der Waals surface area contributed by atoms with Gasteiger partial charge in [-0.25, -0.2) is 0 Å². The van der Waals surface area contributed by atoms with Crippen LogP contribution in [-0.2, 0) is 14.4 Å². The molecule has 0 saturated carbocycles. The van der Waals surface area contributed by atoms with Crippen LogP contribution >= 0.6 is 11.8 Å². The van der Waals surface area contributed by atoms with Gasteiger partial charge in [0.05, 0.1) is 10.6 Å². The van der Waals surface area contributed by atoms with Crippen molar-refractivity contribution >= 4 is 46.9 Å². The zero-order chi connectivity index (χ0) is 26.1. The Balaban J connectivity index is 0.00000103. The van der Waals surface area contributed by atoms with Crippen molar-refractivity contribution in [3.05, 3.63) is 65.6 Å². The second-order valence-corrected chi connectivity index (χ2v) is 7.64. The number of hydrogen-bond donors (Lipinski definition) is 2. The number of carbonyl (C=O) groups is 4. The number of anilines is 1. The first-order chi connectivity index (χ1) is 16.2. The Morgan fingerprint density at radius 1 is 1.24 bits per heavy atom. The summed E-state index contributed by atoms with van der Waals surface area (Å²) in [5.41, 5.74) is 6.26. The lowest BCUT2D eigenvalue weighted by Crippen LogP contribution is -2.50. The molecular formula is C25H33N3O5S. The maximum absolute atomic E-state index is 12.1. The van der Waals surface area contributed by atoms with Crippen molar-refractivity contribution < 1.29 is 23.9 Å². The number of allylic oxidation sites excluding steroid dienone is 6. The number of hydrogen-bond acceptors (Lipinski definition) is 6. The van der Waals surface area contributed by atoms with Crippen LogP contribution in [0.2, 0.25) is 0 Å². The van der Waals surface area contributed by atoms with Crippen LogP contribution in [0.5, 0.6) is 5.75 Å². The molecule has 0 saturated heterocycles. The number of aldehydes is 1. The molecule has 0 spiro atoms. The van der Waals surface area contributed by atoms with Gasteiger partial charge in [-0.1, -0.05) is 43.0 Å². The van der Waals surface area contributed by atoms with Crippen molar-refractivity contribution in [3.8, 4) is 5.75 Å². The Labute approximate surface area is 205 Å². The molecule has 0 aromatic heterocycles. The first-order valence-electron chi connectivity index (χ1n) is 10.5. The lowest BCUT2D eigenvalue weighted by Gasteiger charge is -2.32. The maximum atomic E-state index is 12.1. The van der Waals surface area contributed by atoms with Crippen LogP contribution in [0.1, 0.15) is 33.3 Å². The average molecular weight is 488 g/mol. The van der Waals surface area contributed by atoms with Crippen LogP contribution in [0.4, 0.5) is 10.5 Å². The Bertz CT molecular complexity index is 950. The fourth-order valence-electron chi connectivity index (χ4n) is 2.38. The van der Waals surface area contributed by atoms with E-state index in [1.807, 2.05) is 45.1 Å². The molecule has 1 unspecified atom stereocenters. The Hall–Kier alpha value is -3.59. The molecule has 1 aromatic carbocycles. The number of amides is 3. The van der Waals surface area contributed by atoms with Gasteiger partial charge in [-0.15, -0.1) is 0 Å². The average Bonchev–Trinajstić information content (AvgIpc) is 2.83. The fraction of sp³-hybridized carbons (Fsp3) is 0.280. The third-order valence-corrected chi connectivity index (χ3v) is 5.00. The van der Waals surface area contributed by atoms with Crippen molar-refractivity contribution in [2.45, 2.75) is 33.7 Å². The zero-order valence-electron chi connectivity index (χ0n) is 20.2. The Morgan fingerprint density at radius 3 is 2.32 bits per heavy atom. The quantitative estimate of drug-likeness (QED) is 0.268. The van der Waals surface area contributed by atoms with Gasteiger partial charge in [0.15, 0.2) is 12.9 Å². The summed E-state index contributed by atoms with van der Waals surface area (Å²) < 4.78 is 5.36. The van der Waals surface area contributed by atoms with E-state index in [1.54, 1.807) is 24.3 Å². The third-order valence-electron chi connectivity index (χ3n) is 4.16. The molecule has 2 rings (SSSR count). The number of fused-ring (bicyclic) bond motifs is 1. The van der Waals surface area contributed by atoms with Crippen LogP contribution in [0.3, 0.4) is 0 Å². The van der Waals surface area contributed by atoms with Gasteiger partial charge in [0.2, 0.25) is 5.91 Å². The number of nitrogens with two attached hydrogens (primary N) is 1. The van der Waals surface area contributed by atoms with Gasteiger partial charge in [-0.3, -0.25) is 24.1 Å². The van der Waals surface area contributed by atoms with Crippen LogP contribution in [-0.4, -0.2) is 43.0 Å². The van der Waals surface area contributed by atoms with Gasteiger partial charge in [0.25, 0.3) is 11.1 Å². The molecule has 1 aliphatic rings. The van der Waals surface area contributed by atoms with Gasteiger partial charge in [0, 0.05) is 7.05 Å². The monoisotopic (exact) mass is 487 g/mol. The molecule has 1 aliphatic heterocycles. The number of primary amides is 1. The highest BCUT2D eigenvalue weighted by molar-refractivity contribution is 8.17. The van der Waals surface area contributed by atoms with Crippen molar-refractivity contribution in [3.63, 3.8) is 0 Å². The number of nitrogens with zero attached hydrogens (tertiary/aromatic N) is 1. The van der Waals surface area contributed by atoms with Gasteiger partial charge in [-0.05, 0) is 63.2 Å². The molecule has 8 nitrogen and oxygen atoms in total. The second kappa shape index (κ2) is 17.0. The fourth-order valence-corrected chi connectivity index (χ4v) is 2.93. The summed E-state index contributed by atoms with van der Waals surface area (Å²) >= 11 is 0.747. The number of rotatable bonds is 6. The minimum absolute atomic E-state index is 0.189. The predicted octanol–water partition coefficient (Wildman–Crippen LogP) is 4.23. The Kier molecular flexibility index (Phi) is 15.2. The molecule has 1 aromatic rings. The van der Waals surface area contributed by atoms with Crippen molar-refractivity contribution in [1.29, 1.82) is 0 Å². The number of thioether (sulfide) groups is 1. The molecule has 184 valence electrons. The van der Waals surface area contributed by atoms with Crippen molar-refractivity contribution in [1.82, 2.24) is 5.32 Å². The van der Waals surface area contributed by atoms with E-state index >= 15 is 0 Å². The van der Waals surface area contributed by atoms with E-state index in [4.69, 9.17) is 10.5 Å². The lowest BCUT2D eigenvalue weighted by atomic mass is 10.1. The van der Waals surface area contributed by atoms with Gasteiger partial charge < -0.3 is 15.8 Å². The second-order valence-electron chi connectivity index (χ2n) is 6.59. The minimum Gasteiger partial charge on any atom is -0.482 e. The number of ether oxygens (including phenoxy) is 1. The van der Waals surface area contributed by atoms with Crippen LogP contribution in [0, 0.1) is 0 Å². The summed E-state index contributed by atoms with van der Waals surface area (Å²) in [6, 6.07) is 4.05. The summed E-state index contributed by atoms with van der Waals surface area (Å²) in [5, 5.41) is 2.03. The van der Waals surface area contributed by atoms with Crippen LogP contribution in [0.15, 0.2) is 60.1 Å². The highest BCUT2D eigenvalue weighted by Gasteiger charge is 2.32. The molecule has 34 heavy (non-hydrogen) atoms. The highest BCUT2D eigenvalue weighted by atomic mass is 32.2. The van der Waals surface area contributed by atoms with E-state index in [9.17, 15) is 19.2 Å². The smallest absolute Gasteiger partial charge is 0.283 e. The van der Waals surface area contributed by atoms with E-state index < -0.39 is 17.9 Å². The zero-order valence-corrected chi connectivity index (χ0v) is 21.1. The number of benzene rings is 1. The van der Waals surface area contributed by atoms with E-state index in [1.165, 1.54) is 24.9 Å². The SMILES string of the molecule is C/C=C\C.C=C/C=C/C.CNC(=O)S/C(C=O)=C\c1ccc2c(c1)N(C(C)C(N)=O)C(=O)CO2.